The Kier molecular flexibility index (Phi) is 4.21. The van der Waals surface area contributed by atoms with E-state index < -0.39 is 17.8 Å². The number of benzene rings is 1. The van der Waals surface area contributed by atoms with Crippen LogP contribution >= 0.6 is 11.6 Å². The van der Waals surface area contributed by atoms with E-state index in [0.29, 0.717) is 18.4 Å². The van der Waals surface area contributed by atoms with Gasteiger partial charge in [0.25, 0.3) is 0 Å². The van der Waals surface area contributed by atoms with Gasteiger partial charge in [-0.05, 0) is 37.5 Å². The average molecular weight is 253 g/mol. The summed E-state index contributed by atoms with van der Waals surface area (Å²) >= 11 is 5.55. The SMILES string of the molecule is CC(O)CCc1ccc(C(F)(F)F)c(Cl)c1. The molecule has 0 aliphatic carbocycles. The second-order valence-electron chi connectivity index (χ2n) is 3.70. The van der Waals surface area contributed by atoms with Gasteiger partial charge in [-0.2, -0.15) is 13.2 Å². The van der Waals surface area contributed by atoms with Crippen molar-refractivity contribution in [3.63, 3.8) is 0 Å². The number of alkyl halides is 3. The van der Waals surface area contributed by atoms with Gasteiger partial charge in [-0.3, -0.25) is 0 Å². The Balaban J connectivity index is 2.83. The summed E-state index contributed by atoms with van der Waals surface area (Å²) in [5, 5.41) is 8.76. The zero-order valence-electron chi connectivity index (χ0n) is 8.68. The summed E-state index contributed by atoms with van der Waals surface area (Å²) < 4.78 is 37.1. The molecule has 5 heteroatoms. The molecule has 0 saturated heterocycles. The van der Waals surface area contributed by atoms with Crippen LogP contribution in [-0.2, 0) is 12.6 Å². The highest BCUT2D eigenvalue weighted by atomic mass is 35.5. The molecule has 1 aromatic carbocycles. The van der Waals surface area contributed by atoms with Crippen LogP contribution in [0.2, 0.25) is 5.02 Å². The minimum atomic E-state index is -4.42. The molecule has 1 nitrogen and oxygen atoms in total. The Bertz CT molecular complexity index is 361. The summed E-state index contributed by atoms with van der Waals surface area (Å²) in [6.45, 7) is 1.63. The largest absolute Gasteiger partial charge is 0.417 e. The Morgan fingerprint density at radius 1 is 1.38 bits per heavy atom. The van der Waals surface area contributed by atoms with Crippen molar-refractivity contribution in [2.24, 2.45) is 0 Å². The first kappa shape index (κ1) is 13.3. The van der Waals surface area contributed by atoms with Crippen molar-refractivity contribution in [1.82, 2.24) is 0 Å². The van der Waals surface area contributed by atoms with E-state index in [1.165, 1.54) is 12.1 Å². The smallest absolute Gasteiger partial charge is 0.393 e. The third-order valence-corrected chi connectivity index (χ3v) is 2.50. The minimum Gasteiger partial charge on any atom is -0.393 e. The standard InChI is InChI=1S/C11H12ClF3O/c1-7(16)2-3-8-4-5-9(10(12)6-8)11(13,14)15/h4-7,16H,2-3H2,1H3. The molecule has 1 rings (SSSR count). The molecule has 0 aromatic heterocycles. The van der Waals surface area contributed by atoms with E-state index in [2.05, 4.69) is 0 Å². The molecule has 0 heterocycles. The fourth-order valence-corrected chi connectivity index (χ4v) is 1.63. The lowest BCUT2D eigenvalue weighted by molar-refractivity contribution is -0.137. The van der Waals surface area contributed by atoms with Crippen molar-refractivity contribution in [2.45, 2.75) is 32.0 Å². The predicted octanol–water partition coefficient (Wildman–Crippen LogP) is 3.67. The number of rotatable bonds is 3. The van der Waals surface area contributed by atoms with E-state index >= 15 is 0 Å². The van der Waals surface area contributed by atoms with Crippen LogP contribution in [-0.4, -0.2) is 11.2 Å². The number of aryl methyl sites for hydroxylation is 1. The van der Waals surface area contributed by atoms with Gasteiger partial charge in [0.1, 0.15) is 0 Å². The Morgan fingerprint density at radius 3 is 2.44 bits per heavy atom. The third-order valence-electron chi connectivity index (χ3n) is 2.19. The summed E-state index contributed by atoms with van der Waals surface area (Å²) in [5.41, 5.74) is -0.131. The summed E-state index contributed by atoms with van der Waals surface area (Å²) in [6.07, 6.45) is -3.88. The lowest BCUT2D eigenvalue weighted by Gasteiger charge is -2.10. The topological polar surface area (TPSA) is 20.2 Å². The van der Waals surface area contributed by atoms with Crippen molar-refractivity contribution in [2.75, 3.05) is 0 Å². The van der Waals surface area contributed by atoms with Gasteiger partial charge < -0.3 is 5.11 Å². The second kappa shape index (κ2) is 5.06. The van der Waals surface area contributed by atoms with E-state index in [1.807, 2.05) is 0 Å². The number of hydrogen-bond donors (Lipinski definition) is 1. The van der Waals surface area contributed by atoms with Crippen LogP contribution in [0.3, 0.4) is 0 Å². The fourth-order valence-electron chi connectivity index (χ4n) is 1.32. The summed E-state index contributed by atoms with van der Waals surface area (Å²) in [6, 6.07) is 3.66. The fraction of sp³-hybridized carbons (Fsp3) is 0.455. The Morgan fingerprint density at radius 2 is 2.00 bits per heavy atom. The van der Waals surface area contributed by atoms with E-state index in [0.717, 1.165) is 6.07 Å². The van der Waals surface area contributed by atoms with Crippen LogP contribution in [0.1, 0.15) is 24.5 Å². The maximum atomic E-state index is 12.4. The molecule has 0 spiro atoms. The van der Waals surface area contributed by atoms with Crippen molar-refractivity contribution >= 4 is 11.6 Å². The molecule has 1 atom stereocenters. The quantitative estimate of drug-likeness (QED) is 0.870. The van der Waals surface area contributed by atoms with Crippen molar-refractivity contribution in [3.05, 3.63) is 34.3 Å². The molecule has 0 amide bonds. The zero-order valence-corrected chi connectivity index (χ0v) is 9.44. The third kappa shape index (κ3) is 3.68. The lowest BCUT2D eigenvalue weighted by atomic mass is 10.1. The molecular weight excluding hydrogens is 241 g/mol. The maximum Gasteiger partial charge on any atom is 0.417 e. The molecule has 0 aliphatic heterocycles. The number of hydrogen-bond acceptors (Lipinski definition) is 1. The zero-order chi connectivity index (χ0) is 12.3. The number of aliphatic hydroxyl groups excluding tert-OH is 1. The van der Waals surface area contributed by atoms with Crippen LogP contribution < -0.4 is 0 Å². The van der Waals surface area contributed by atoms with Gasteiger partial charge in [-0.15, -0.1) is 0 Å². The predicted molar refractivity (Wildman–Crippen MR) is 56.5 cm³/mol. The molecular formula is C11H12ClF3O. The highest BCUT2D eigenvalue weighted by Gasteiger charge is 2.32. The molecule has 0 bridgehead atoms. The first-order valence-corrected chi connectivity index (χ1v) is 5.22. The normalized spacial score (nSPS) is 13.9. The highest BCUT2D eigenvalue weighted by molar-refractivity contribution is 6.31. The van der Waals surface area contributed by atoms with E-state index in [1.54, 1.807) is 6.92 Å². The Labute approximate surface area is 96.9 Å². The molecule has 0 aliphatic rings. The van der Waals surface area contributed by atoms with Crippen molar-refractivity contribution < 1.29 is 18.3 Å². The second-order valence-corrected chi connectivity index (χ2v) is 4.11. The maximum absolute atomic E-state index is 12.4. The molecule has 1 unspecified atom stereocenters. The van der Waals surface area contributed by atoms with Crippen LogP contribution in [0, 0.1) is 0 Å². The molecule has 16 heavy (non-hydrogen) atoms. The van der Waals surface area contributed by atoms with E-state index in [9.17, 15) is 13.2 Å². The number of aliphatic hydroxyl groups is 1. The summed E-state index contributed by atoms with van der Waals surface area (Å²) in [7, 11) is 0. The lowest BCUT2D eigenvalue weighted by Crippen LogP contribution is -2.06. The van der Waals surface area contributed by atoms with Crippen LogP contribution in [0.25, 0.3) is 0 Å². The Hall–Kier alpha value is -0.740. The molecule has 0 saturated carbocycles. The van der Waals surface area contributed by atoms with Gasteiger partial charge in [-0.25, -0.2) is 0 Å². The highest BCUT2D eigenvalue weighted by Crippen LogP contribution is 2.35. The van der Waals surface area contributed by atoms with Crippen LogP contribution in [0.5, 0.6) is 0 Å². The molecule has 0 fully saturated rings. The van der Waals surface area contributed by atoms with E-state index in [-0.39, 0.29) is 5.02 Å². The first-order chi connectivity index (χ1) is 7.30. The summed E-state index contributed by atoms with van der Waals surface area (Å²) in [4.78, 5) is 0. The minimum absolute atomic E-state index is 0.296. The van der Waals surface area contributed by atoms with Gasteiger partial charge in [0.2, 0.25) is 0 Å². The van der Waals surface area contributed by atoms with Gasteiger partial charge in [0, 0.05) is 0 Å². The first-order valence-electron chi connectivity index (χ1n) is 4.84. The monoisotopic (exact) mass is 252 g/mol. The number of halogens is 4. The van der Waals surface area contributed by atoms with Gasteiger partial charge in [-0.1, -0.05) is 17.7 Å². The molecule has 90 valence electrons. The van der Waals surface area contributed by atoms with Crippen LogP contribution in [0.4, 0.5) is 13.2 Å². The molecule has 1 aromatic rings. The van der Waals surface area contributed by atoms with Gasteiger partial charge in [0.05, 0.1) is 16.7 Å². The van der Waals surface area contributed by atoms with Crippen molar-refractivity contribution in [3.8, 4) is 0 Å². The van der Waals surface area contributed by atoms with E-state index in [4.69, 9.17) is 16.7 Å². The van der Waals surface area contributed by atoms with Crippen molar-refractivity contribution in [1.29, 1.82) is 0 Å². The van der Waals surface area contributed by atoms with Gasteiger partial charge >= 0.3 is 6.18 Å². The van der Waals surface area contributed by atoms with Crippen LogP contribution in [0.15, 0.2) is 18.2 Å². The van der Waals surface area contributed by atoms with Gasteiger partial charge in [0.15, 0.2) is 0 Å². The average Bonchev–Trinajstić information content (AvgIpc) is 2.12. The molecule has 0 radical (unpaired) electrons. The summed E-state index contributed by atoms with van der Waals surface area (Å²) in [5.74, 6) is 0. The molecule has 1 N–H and O–H groups in total.